The SMILES string of the molecule is C[C@@H](NC(=O)c1ccc(C#N)cc1)c1cc2ccccc2o1. The lowest BCUT2D eigenvalue weighted by Crippen LogP contribution is -2.26. The van der Waals surface area contributed by atoms with Crippen molar-refractivity contribution in [2.45, 2.75) is 13.0 Å². The number of carbonyl (C=O) groups is 1. The van der Waals surface area contributed by atoms with E-state index in [2.05, 4.69) is 5.32 Å². The van der Waals surface area contributed by atoms with Gasteiger partial charge in [-0.15, -0.1) is 0 Å². The molecule has 0 unspecified atom stereocenters. The number of para-hydroxylation sites is 1. The van der Waals surface area contributed by atoms with Crippen molar-refractivity contribution in [2.24, 2.45) is 0 Å². The van der Waals surface area contributed by atoms with Crippen LogP contribution in [0.2, 0.25) is 0 Å². The Morgan fingerprint density at radius 3 is 2.59 bits per heavy atom. The van der Waals surface area contributed by atoms with Crippen LogP contribution in [-0.2, 0) is 0 Å². The highest BCUT2D eigenvalue weighted by atomic mass is 16.3. The maximum Gasteiger partial charge on any atom is 0.251 e. The molecule has 0 bridgehead atoms. The Balaban J connectivity index is 1.76. The third-order valence-corrected chi connectivity index (χ3v) is 3.50. The van der Waals surface area contributed by atoms with Crippen LogP contribution in [0.1, 0.15) is 34.6 Å². The molecule has 0 fully saturated rings. The van der Waals surface area contributed by atoms with E-state index in [9.17, 15) is 4.79 Å². The molecule has 0 aliphatic carbocycles. The molecule has 0 aliphatic heterocycles. The fraction of sp³-hybridized carbons (Fsp3) is 0.111. The molecule has 3 aromatic rings. The van der Waals surface area contributed by atoms with Gasteiger partial charge in [-0.3, -0.25) is 4.79 Å². The molecule has 1 heterocycles. The number of carbonyl (C=O) groups excluding carboxylic acids is 1. The van der Waals surface area contributed by atoms with Gasteiger partial charge >= 0.3 is 0 Å². The van der Waals surface area contributed by atoms with Gasteiger partial charge in [-0.2, -0.15) is 5.26 Å². The summed E-state index contributed by atoms with van der Waals surface area (Å²) in [5.41, 5.74) is 1.85. The third-order valence-electron chi connectivity index (χ3n) is 3.50. The first-order valence-electron chi connectivity index (χ1n) is 6.97. The van der Waals surface area contributed by atoms with E-state index in [0.717, 1.165) is 11.0 Å². The second-order valence-electron chi connectivity index (χ2n) is 5.07. The van der Waals surface area contributed by atoms with Gasteiger partial charge in [0.25, 0.3) is 5.91 Å². The molecule has 1 N–H and O–H groups in total. The summed E-state index contributed by atoms with van der Waals surface area (Å²) in [4.78, 5) is 12.2. The number of amides is 1. The molecule has 0 aliphatic rings. The molecule has 22 heavy (non-hydrogen) atoms. The molecule has 4 nitrogen and oxygen atoms in total. The number of nitrogens with one attached hydrogen (secondary N) is 1. The van der Waals surface area contributed by atoms with Crippen molar-refractivity contribution in [3.63, 3.8) is 0 Å². The highest BCUT2D eigenvalue weighted by Crippen LogP contribution is 2.23. The van der Waals surface area contributed by atoms with Gasteiger partial charge in [-0.25, -0.2) is 0 Å². The van der Waals surface area contributed by atoms with Crippen LogP contribution in [0.4, 0.5) is 0 Å². The van der Waals surface area contributed by atoms with E-state index in [1.807, 2.05) is 43.3 Å². The summed E-state index contributed by atoms with van der Waals surface area (Å²) in [5, 5.41) is 12.7. The second-order valence-corrected chi connectivity index (χ2v) is 5.07. The molecular formula is C18H14N2O2. The largest absolute Gasteiger partial charge is 0.459 e. The van der Waals surface area contributed by atoms with Gasteiger partial charge in [0.2, 0.25) is 0 Å². The van der Waals surface area contributed by atoms with E-state index in [1.165, 1.54) is 0 Å². The monoisotopic (exact) mass is 290 g/mol. The minimum absolute atomic E-state index is 0.197. The number of fused-ring (bicyclic) bond motifs is 1. The van der Waals surface area contributed by atoms with Crippen molar-refractivity contribution < 1.29 is 9.21 Å². The first kappa shape index (κ1) is 13.9. The minimum Gasteiger partial charge on any atom is -0.459 e. The van der Waals surface area contributed by atoms with E-state index >= 15 is 0 Å². The minimum atomic E-state index is -0.240. The van der Waals surface area contributed by atoms with Crippen LogP contribution in [-0.4, -0.2) is 5.91 Å². The van der Waals surface area contributed by atoms with Crippen LogP contribution >= 0.6 is 0 Å². The number of nitriles is 1. The van der Waals surface area contributed by atoms with Gasteiger partial charge in [-0.05, 0) is 43.3 Å². The van der Waals surface area contributed by atoms with Gasteiger partial charge in [-0.1, -0.05) is 18.2 Å². The van der Waals surface area contributed by atoms with Gasteiger partial charge in [0.05, 0.1) is 17.7 Å². The molecule has 0 radical (unpaired) electrons. The van der Waals surface area contributed by atoms with Crippen LogP contribution in [0.5, 0.6) is 0 Å². The topological polar surface area (TPSA) is 66.0 Å². The zero-order valence-electron chi connectivity index (χ0n) is 12.0. The zero-order valence-corrected chi connectivity index (χ0v) is 12.0. The Morgan fingerprint density at radius 2 is 1.91 bits per heavy atom. The second kappa shape index (κ2) is 5.74. The number of rotatable bonds is 3. The first-order valence-corrected chi connectivity index (χ1v) is 6.97. The third kappa shape index (κ3) is 2.70. The summed E-state index contributed by atoms with van der Waals surface area (Å²) in [6.07, 6.45) is 0. The smallest absolute Gasteiger partial charge is 0.251 e. The fourth-order valence-corrected chi connectivity index (χ4v) is 2.26. The standard InChI is InChI=1S/C18H14N2O2/c1-12(17-10-15-4-2-3-5-16(15)22-17)20-18(21)14-8-6-13(11-19)7-9-14/h2-10,12H,1H3,(H,20,21)/t12-/m1/s1. The molecule has 0 saturated carbocycles. The lowest BCUT2D eigenvalue weighted by molar-refractivity contribution is 0.0935. The molecule has 1 aromatic heterocycles. The fourth-order valence-electron chi connectivity index (χ4n) is 2.26. The molecule has 0 saturated heterocycles. The Kier molecular flexibility index (Phi) is 3.63. The molecule has 3 rings (SSSR count). The summed E-state index contributed by atoms with van der Waals surface area (Å²) in [5.74, 6) is 0.514. The zero-order chi connectivity index (χ0) is 15.5. The van der Waals surface area contributed by atoms with Crippen molar-refractivity contribution in [3.05, 3.63) is 71.5 Å². The lowest BCUT2D eigenvalue weighted by atomic mass is 10.1. The Bertz CT molecular complexity index is 824. The van der Waals surface area contributed by atoms with Crippen molar-refractivity contribution in [3.8, 4) is 6.07 Å². The first-order chi connectivity index (χ1) is 10.7. The van der Waals surface area contributed by atoms with Gasteiger partial charge < -0.3 is 9.73 Å². The van der Waals surface area contributed by atoms with Gasteiger partial charge in [0, 0.05) is 10.9 Å². The van der Waals surface area contributed by atoms with Crippen LogP contribution in [0.25, 0.3) is 11.0 Å². The molecule has 1 amide bonds. The number of benzene rings is 2. The average molecular weight is 290 g/mol. The molecule has 108 valence electrons. The average Bonchev–Trinajstić information content (AvgIpc) is 2.99. The Morgan fingerprint density at radius 1 is 1.18 bits per heavy atom. The van der Waals surface area contributed by atoms with E-state index in [-0.39, 0.29) is 11.9 Å². The molecule has 4 heteroatoms. The van der Waals surface area contributed by atoms with E-state index in [0.29, 0.717) is 16.9 Å². The van der Waals surface area contributed by atoms with E-state index in [4.69, 9.17) is 9.68 Å². The lowest BCUT2D eigenvalue weighted by Gasteiger charge is -2.11. The molecule has 0 spiro atoms. The highest BCUT2D eigenvalue weighted by Gasteiger charge is 2.15. The Labute approximate surface area is 128 Å². The van der Waals surface area contributed by atoms with E-state index in [1.54, 1.807) is 24.3 Å². The Hall–Kier alpha value is -3.06. The maximum atomic E-state index is 12.2. The van der Waals surface area contributed by atoms with E-state index < -0.39 is 0 Å². The van der Waals surface area contributed by atoms with Crippen LogP contribution < -0.4 is 5.32 Å². The number of furan rings is 1. The van der Waals surface area contributed by atoms with Gasteiger partial charge in [0.15, 0.2) is 0 Å². The summed E-state index contributed by atoms with van der Waals surface area (Å²) in [6.45, 7) is 1.87. The van der Waals surface area contributed by atoms with Crippen molar-refractivity contribution >= 4 is 16.9 Å². The van der Waals surface area contributed by atoms with Crippen molar-refractivity contribution in [2.75, 3.05) is 0 Å². The molecule has 2 aromatic carbocycles. The summed E-state index contributed by atoms with van der Waals surface area (Å²) in [7, 11) is 0. The summed E-state index contributed by atoms with van der Waals surface area (Å²) >= 11 is 0. The van der Waals surface area contributed by atoms with Gasteiger partial charge in [0.1, 0.15) is 11.3 Å². The number of hydrogen-bond acceptors (Lipinski definition) is 3. The van der Waals surface area contributed by atoms with Crippen LogP contribution in [0, 0.1) is 11.3 Å². The number of nitrogens with zero attached hydrogens (tertiary/aromatic N) is 1. The highest BCUT2D eigenvalue weighted by molar-refractivity contribution is 5.94. The predicted octanol–water partition coefficient (Wildman–Crippen LogP) is 3.80. The predicted molar refractivity (Wildman–Crippen MR) is 83.3 cm³/mol. The quantitative estimate of drug-likeness (QED) is 0.798. The van der Waals surface area contributed by atoms with Crippen molar-refractivity contribution in [1.29, 1.82) is 5.26 Å². The van der Waals surface area contributed by atoms with Crippen molar-refractivity contribution in [1.82, 2.24) is 5.32 Å². The number of hydrogen-bond donors (Lipinski definition) is 1. The molecule has 1 atom stereocenters. The maximum absolute atomic E-state index is 12.2. The summed E-state index contributed by atoms with van der Waals surface area (Å²) in [6, 6.07) is 18.0. The van der Waals surface area contributed by atoms with Crippen LogP contribution in [0.3, 0.4) is 0 Å². The molecular weight excluding hydrogens is 276 g/mol. The van der Waals surface area contributed by atoms with Crippen LogP contribution in [0.15, 0.2) is 59.0 Å². The summed E-state index contributed by atoms with van der Waals surface area (Å²) < 4.78 is 5.75. The normalized spacial score (nSPS) is 11.8.